The number of amides is 2. The monoisotopic (exact) mass is 329 g/mol. The van der Waals surface area contributed by atoms with Gasteiger partial charge in [-0.05, 0) is 12.0 Å². The van der Waals surface area contributed by atoms with Crippen molar-refractivity contribution in [3.63, 3.8) is 0 Å². The zero-order valence-electron chi connectivity index (χ0n) is 12.2. The van der Waals surface area contributed by atoms with E-state index in [4.69, 9.17) is 0 Å². The molecular weight excluding hydrogens is 314 g/mol. The molecule has 7 heteroatoms. The van der Waals surface area contributed by atoms with Crippen molar-refractivity contribution < 1.29 is 14.4 Å². The van der Waals surface area contributed by atoms with Crippen LogP contribution in [0.1, 0.15) is 28.2 Å². The standard InChI is InChI=1S/C16H15N3O3S/c20-12(5-6-14-17-7-8-18-14)11-3-1-10(2-4-11)9-13-15(21)19-16(22)23-13/h1-4,7-8,13H,5-6,9H2,(H,17,18)(H,19,21,22). The third-order valence-electron chi connectivity index (χ3n) is 3.61. The van der Waals surface area contributed by atoms with Gasteiger partial charge in [0.05, 0.1) is 5.25 Å². The number of hydrogen-bond acceptors (Lipinski definition) is 5. The number of aromatic nitrogens is 2. The summed E-state index contributed by atoms with van der Waals surface area (Å²) >= 11 is 1.01. The molecule has 2 amide bonds. The number of H-pyrrole nitrogens is 1. The largest absolute Gasteiger partial charge is 0.349 e. The normalized spacial score (nSPS) is 17.3. The Morgan fingerprint density at radius 2 is 2.00 bits per heavy atom. The van der Waals surface area contributed by atoms with Crippen LogP contribution in [0.2, 0.25) is 0 Å². The molecule has 1 saturated heterocycles. The first-order chi connectivity index (χ1) is 11.1. The highest BCUT2D eigenvalue weighted by Gasteiger charge is 2.31. The second-order valence-corrected chi connectivity index (χ2v) is 6.42. The van der Waals surface area contributed by atoms with Gasteiger partial charge in [0, 0.05) is 30.8 Å². The Labute approximate surface area is 137 Å². The van der Waals surface area contributed by atoms with Crippen LogP contribution in [-0.4, -0.2) is 32.1 Å². The maximum atomic E-state index is 12.1. The van der Waals surface area contributed by atoms with Crippen molar-refractivity contribution in [2.45, 2.75) is 24.5 Å². The van der Waals surface area contributed by atoms with Crippen LogP contribution in [0, 0.1) is 0 Å². The lowest BCUT2D eigenvalue weighted by atomic mass is 10.0. The van der Waals surface area contributed by atoms with E-state index in [0.29, 0.717) is 24.8 Å². The van der Waals surface area contributed by atoms with Gasteiger partial charge in [0.1, 0.15) is 5.82 Å². The second kappa shape index (κ2) is 6.78. The topological polar surface area (TPSA) is 91.9 Å². The van der Waals surface area contributed by atoms with Gasteiger partial charge in [-0.3, -0.25) is 19.7 Å². The summed E-state index contributed by atoms with van der Waals surface area (Å²) in [5.41, 5.74) is 1.56. The molecule has 0 aliphatic carbocycles. The number of aryl methyl sites for hydroxylation is 1. The highest BCUT2D eigenvalue weighted by Crippen LogP contribution is 2.23. The minimum absolute atomic E-state index is 0.0520. The van der Waals surface area contributed by atoms with Crippen LogP contribution >= 0.6 is 11.8 Å². The lowest BCUT2D eigenvalue weighted by molar-refractivity contribution is -0.118. The van der Waals surface area contributed by atoms with Crippen molar-refractivity contribution in [3.8, 4) is 0 Å². The Morgan fingerprint density at radius 1 is 1.22 bits per heavy atom. The van der Waals surface area contributed by atoms with E-state index in [1.807, 2.05) is 12.1 Å². The minimum atomic E-state index is -0.386. The van der Waals surface area contributed by atoms with Crippen molar-refractivity contribution >= 4 is 28.7 Å². The number of nitrogens with zero attached hydrogens (tertiary/aromatic N) is 1. The molecule has 1 unspecified atom stereocenters. The Balaban J connectivity index is 1.57. The Kier molecular flexibility index (Phi) is 4.57. The van der Waals surface area contributed by atoms with Crippen LogP contribution in [0.4, 0.5) is 4.79 Å². The molecule has 23 heavy (non-hydrogen) atoms. The van der Waals surface area contributed by atoms with Crippen LogP contribution in [-0.2, 0) is 17.6 Å². The molecule has 2 aromatic rings. The van der Waals surface area contributed by atoms with Crippen LogP contribution in [0.15, 0.2) is 36.7 Å². The molecule has 0 bridgehead atoms. The summed E-state index contributed by atoms with van der Waals surface area (Å²) in [4.78, 5) is 41.9. The number of benzene rings is 1. The highest BCUT2D eigenvalue weighted by atomic mass is 32.2. The number of aromatic amines is 1. The first kappa shape index (κ1) is 15.5. The summed E-state index contributed by atoms with van der Waals surface area (Å²) in [7, 11) is 0. The molecule has 118 valence electrons. The van der Waals surface area contributed by atoms with Crippen LogP contribution in [0.3, 0.4) is 0 Å². The van der Waals surface area contributed by atoms with Crippen LogP contribution in [0.5, 0.6) is 0 Å². The highest BCUT2D eigenvalue weighted by molar-refractivity contribution is 8.15. The predicted molar refractivity (Wildman–Crippen MR) is 86.3 cm³/mol. The van der Waals surface area contributed by atoms with E-state index in [9.17, 15) is 14.4 Å². The molecule has 0 saturated carbocycles. The van der Waals surface area contributed by atoms with E-state index >= 15 is 0 Å². The van der Waals surface area contributed by atoms with E-state index in [0.717, 1.165) is 23.1 Å². The second-order valence-electron chi connectivity index (χ2n) is 5.24. The summed E-state index contributed by atoms with van der Waals surface area (Å²) in [6.07, 6.45) is 4.84. The number of nitrogens with one attached hydrogen (secondary N) is 2. The molecule has 1 atom stereocenters. The lowest BCUT2D eigenvalue weighted by Crippen LogP contribution is -2.25. The molecule has 2 N–H and O–H groups in total. The van der Waals surface area contributed by atoms with Crippen molar-refractivity contribution in [2.24, 2.45) is 0 Å². The third kappa shape index (κ3) is 3.87. The van der Waals surface area contributed by atoms with E-state index < -0.39 is 0 Å². The number of carbonyl (C=O) groups is 3. The van der Waals surface area contributed by atoms with E-state index in [-0.39, 0.29) is 22.2 Å². The summed E-state index contributed by atoms with van der Waals surface area (Å²) in [6.45, 7) is 0. The maximum Gasteiger partial charge on any atom is 0.286 e. The first-order valence-corrected chi connectivity index (χ1v) is 8.11. The Hall–Kier alpha value is -2.41. The smallest absolute Gasteiger partial charge is 0.286 e. The zero-order valence-corrected chi connectivity index (χ0v) is 13.1. The number of ketones is 1. The number of thioether (sulfide) groups is 1. The van der Waals surface area contributed by atoms with Gasteiger partial charge in [0.15, 0.2) is 5.78 Å². The number of imidazole rings is 1. The minimum Gasteiger partial charge on any atom is -0.349 e. The number of carbonyl (C=O) groups excluding carboxylic acids is 3. The molecule has 3 rings (SSSR count). The van der Waals surface area contributed by atoms with Crippen molar-refractivity contribution in [2.75, 3.05) is 0 Å². The number of imide groups is 1. The fourth-order valence-electron chi connectivity index (χ4n) is 2.38. The quantitative estimate of drug-likeness (QED) is 0.792. The Morgan fingerprint density at radius 3 is 2.61 bits per heavy atom. The summed E-state index contributed by atoms with van der Waals surface area (Å²) in [5.74, 6) is 0.596. The average Bonchev–Trinajstić information content (AvgIpc) is 3.16. The molecular formula is C16H15N3O3S. The van der Waals surface area contributed by atoms with Crippen molar-refractivity contribution in [1.29, 1.82) is 0 Å². The van der Waals surface area contributed by atoms with Crippen molar-refractivity contribution in [1.82, 2.24) is 15.3 Å². The Bertz CT molecular complexity index is 726. The van der Waals surface area contributed by atoms with Gasteiger partial charge in [-0.1, -0.05) is 36.0 Å². The third-order valence-corrected chi connectivity index (χ3v) is 4.59. The summed E-state index contributed by atoms with van der Waals surface area (Å²) in [6, 6.07) is 7.19. The molecule has 1 fully saturated rings. The molecule has 1 aromatic heterocycles. The van der Waals surface area contributed by atoms with Crippen LogP contribution < -0.4 is 5.32 Å². The van der Waals surface area contributed by atoms with E-state index in [1.54, 1.807) is 24.5 Å². The molecule has 0 spiro atoms. The number of hydrogen-bond donors (Lipinski definition) is 2. The fraction of sp³-hybridized carbons (Fsp3) is 0.250. The van der Waals surface area contributed by atoms with Crippen LogP contribution in [0.25, 0.3) is 0 Å². The maximum absolute atomic E-state index is 12.1. The lowest BCUT2D eigenvalue weighted by Gasteiger charge is -2.06. The average molecular weight is 329 g/mol. The molecule has 1 aliphatic rings. The predicted octanol–water partition coefficient (Wildman–Crippen LogP) is 2.12. The van der Waals surface area contributed by atoms with Crippen molar-refractivity contribution in [3.05, 3.63) is 53.6 Å². The number of rotatable bonds is 6. The molecule has 6 nitrogen and oxygen atoms in total. The number of Topliss-reactive ketones (excluding diaryl/α,β-unsaturated/α-hetero) is 1. The van der Waals surface area contributed by atoms with Gasteiger partial charge in [0.25, 0.3) is 5.24 Å². The van der Waals surface area contributed by atoms with Gasteiger partial charge in [0.2, 0.25) is 5.91 Å². The summed E-state index contributed by atoms with van der Waals surface area (Å²) in [5, 5.41) is 1.58. The molecule has 0 radical (unpaired) electrons. The van der Waals surface area contributed by atoms with E-state index in [1.165, 1.54) is 0 Å². The van der Waals surface area contributed by atoms with Gasteiger partial charge < -0.3 is 4.98 Å². The fourth-order valence-corrected chi connectivity index (χ4v) is 3.24. The van der Waals surface area contributed by atoms with E-state index in [2.05, 4.69) is 15.3 Å². The molecule has 1 aliphatic heterocycles. The van der Waals surface area contributed by atoms with Gasteiger partial charge in [-0.2, -0.15) is 0 Å². The van der Waals surface area contributed by atoms with Gasteiger partial charge in [-0.25, -0.2) is 4.98 Å². The zero-order chi connectivity index (χ0) is 16.2. The summed E-state index contributed by atoms with van der Waals surface area (Å²) < 4.78 is 0. The van der Waals surface area contributed by atoms with Gasteiger partial charge >= 0.3 is 0 Å². The first-order valence-electron chi connectivity index (χ1n) is 7.23. The molecule has 1 aromatic carbocycles. The molecule has 2 heterocycles. The SMILES string of the molecule is O=C1NC(=O)C(Cc2ccc(C(=O)CCc3ncc[nH]3)cc2)S1. The van der Waals surface area contributed by atoms with Gasteiger partial charge in [-0.15, -0.1) is 0 Å².